The molecule has 0 aliphatic carbocycles. The number of likely N-dealkylation sites (tertiary alicyclic amines) is 1. The molecule has 8 heteroatoms. The summed E-state index contributed by atoms with van der Waals surface area (Å²) in [5.41, 5.74) is 1.67. The highest BCUT2D eigenvalue weighted by Crippen LogP contribution is 2.18. The van der Waals surface area contributed by atoms with E-state index in [0.29, 0.717) is 19.0 Å². The highest BCUT2D eigenvalue weighted by atomic mass is 16.2. The van der Waals surface area contributed by atoms with Crippen molar-refractivity contribution >= 4 is 5.91 Å². The first-order chi connectivity index (χ1) is 15.1. The van der Waals surface area contributed by atoms with E-state index in [0.717, 1.165) is 69.8 Å². The lowest BCUT2D eigenvalue weighted by molar-refractivity contribution is -0.131. The summed E-state index contributed by atoms with van der Waals surface area (Å²) in [5, 5.41) is 4.55. The van der Waals surface area contributed by atoms with Gasteiger partial charge in [-0.2, -0.15) is 5.10 Å². The molecule has 0 bridgehead atoms. The van der Waals surface area contributed by atoms with Crippen molar-refractivity contribution in [1.29, 1.82) is 0 Å². The fourth-order valence-corrected chi connectivity index (χ4v) is 4.46. The molecule has 0 spiro atoms. The van der Waals surface area contributed by atoms with Crippen LogP contribution in [-0.2, 0) is 11.3 Å². The number of piperazine rings is 1. The number of amides is 1. The number of pyridine rings is 1. The Balaban J connectivity index is 1.28. The molecule has 31 heavy (non-hydrogen) atoms. The number of likely N-dealkylation sites (N-methyl/N-ethyl adjacent to an activating group) is 1. The van der Waals surface area contributed by atoms with E-state index >= 15 is 0 Å². The van der Waals surface area contributed by atoms with Gasteiger partial charge < -0.3 is 4.90 Å². The Morgan fingerprint density at radius 1 is 0.935 bits per heavy atom. The molecular weight excluding hydrogens is 392 g/mol. The average Bonchev–Trinajstić information content (AvgIpc) is 2.96. The Morgan fingerprint density at radius 3 is 2.45 bits per heavy atom. The topological polar surface area (TPSA) is 74.6 Å². The summed E-state index contributed by atoms with van der Waals surface area (Å²) in [4.78, 5) is 35.3. The average molecular weight is 425 g/mol. The molecule has 2 aliphatic heterocycles. The predicted octanol–water partition coefficient (Wildman–Crippen LogP) is 1.32. The van der Waals surface area contributed by atoms with E-state index in [1.165, 1.54) is 0 Å². The van der Waals surface area contributed by atoms with Crippen LogP contribution < -0.4 is 5.56 Å². The number of carbonyl (C=O) groups excluding carboxylic acids is 1. The summed E-state index contributed by atoms with van der Waals surface area (Å²) in [6, 6.07) is 7.49. The molecule has 4 heterocycles. The molecule has 0 N–H and O–H groups in total. The van der Waals surface area contributed by atoms with Crippen molar-refractivity contribution in [3.63, 3.8) is 0 Å². The maximum atomic E-state index is 12.3. The van der Waals surface area contributed by atoms with Crippen LogP contribution in [0.25, 0.3) is 11.3 Å². The summed E-state index contributed by atoms with van der Waals surface area (Å²) >= 11 is 0. The Kier molecular flexibility index (Phi) is 7.09. The molecule has 8 nitrogen and oxygen atoms in total. The van der Waals surface area contributed by atoms with Gasteiger partial charge in [-0.1, -0.05) is 6.42 Å². The van der Waals surface area contributed by atoms with Gasteiger partial charge >= 0.3 is 0 Å². The van der Waals surface area contributed by atoms with Crippen molar-refractivity contribution in [2.24, 2.45) is 0 Å². The maximum absolute atomic E-state index is 12.3. The SMILES string of the molecule is CN1C(=O)CCCCC1CN1CCN(CCn2nc(-c3ccncc3)ccc2=O)CC1. The van der Waals surface area contributed by atoms with Crippen molar-refractivity contribution in [2.45, 2.75) is 38.3 Å². The zero-order valence-corrected chi connectivity index (χ0v) is 18.3. The molecular formula is C23H32N6O2. The van der Waals surface area contributed by atoms with Crippen molar-refractivity contribution < 1.29 is 4.79 Å². The van der Waals surface area contributed by atoms with Gasteiger partial charge in [0.2, 0.25) is 5.91 Å². The molecule has 0 radical (unpaired) electrons. The highest BCUT2D eigenvalue weighted by Gasteiger charge is 2.26. The van der Waals surface area contributed by atoms with E-state index in [4.69, 9.17) is 0 Å². The second-order valence-corrected chi connectivity index (χ2v) is 8.56. The van der Waals surface area contributed by atoms with Crippen LogP contribution in [0.1, 0.15) is 25.7 Å². The van der Waals surface area contributed by atoms with Gasteiger partial charge in [0.25, 0.3) is 5.56 Å². The third kappa shape index (κ3) is 5.57. The van der Waals surface area contributed by atoms with Crippen LogP contribution in [-0.4, -0.2) is 87.7 Å². The summed E-state index contributed by atoms with van der Waals surface area (Å²) in [6.45, 7) is 6.30. The highest BCUT2D eigenvalue weighted by molar-refractivity contribution is 5.76. The van der Waals surface area contributed by atoms with Crippen LogP contribution in [0.2, 0.25) is 0 Å². The smallest absolute Gasteiger partial charge is 0.266 e. The molecule has 1 unspecified atom stereocenters. The lowest BCUT2D eigenvalue weighted by atomic mass is 10.1. The standard InChI is InChI=1S/C23H32N6O2/c1-26-20(4-2-3-5-22(26)30)18-28-14-12-27(13-15-28)16-17-29-23(31)7-6-21(25-29)19-8-10-24-11-9-19/h6-11,20H,2-5,12-18H2,1H3. The van der Waals surface area contributed by atoms with Crippen molar-refractivity contribution in [3.8, 4) is 11.3 Å². The van der Waals surface area contributed by atoms with Crippen molar-refractivity contribution in [2.75, 3.05) is 46.3 Å². The van der Waals surface area contributed by atoms with Gasteiger partial charge in [-0.15, -0.1) is 0 Å². The van der Waals surface area contributed by atoms with E-state index in [9.17, 15) is 9.59 Å². The molecule has 2 aromatic rings. The monoisotopic (exact) mass is 424 g/mol. The van der Waals surface area contributed by atoms with E-state index in [-0.39, 0.29) is 11.5 Å². The molecule has 1 atom stereocenters. The summed E-state index contributed by atoms with van der Waals surface area (Å²) < 4.78 is 1.56. The van der Waals surface area contributed by atoms with E-state index in [1.54, 1.807) is 29.2 Å². The fourth-order valence-electron chi connectivity index (χ4n) is 4.46. The van der Waals surface area contributed by atoms with Gasteiger partial charge in [0.05, 0.1) is 12.2 Å². The quantitative estimate of drug-likeness (QED) is 0.696. The zero-order chi connectivity index (χ0) is 21.6. The molecule has 0 saturated carbocycles. The van der Waals surface area contributed by atoms with Crippen LogP contribution in [0.3, 0.4) is 0 Å². The molecule has 166 valence electrons. The van der Waals surface area contributed by atoms with Gasteiger partial charge in [-0.05, 0) is 31.0 Å². The molecule has 4 rings (SSSR count). The summed E-state index contributed by atoms with van der Waals surface area (Å²) in [7, 11) is 1.96. The van der Waals surface area contributed by atoms with Crippen molar-refractivity contribution in [3.05, 3.63) is 47.0 Å². The first-order valence-electron chi connectivity index (χ1n) is 11.3. The zero-order valence-electron chi connectivity index (χ0n) is 18.3. The lowest BCUT2D eigenvalue weighted by Gasteiger charge is -2.38. The number of aromatic nitrogens is 3. The molecule has 0 aromatic carbocycles. The number of hydrogen-bond donors (Lipinski definition) is 0. The van der Waals surface area contributed by atoms with Gasteiger partial charge in [0, 0.05) is 82.8 Å². The third-order valence-corrected chi connectivity index (χ3v) is 6.52. The minimum Gasteiger partial charge on any atom is -0.341 e. The number of carbonyl (C=O) groups is 1. The first kappa shape index (κ1) is 21.6. The molecule has 2 aliphatic rings. The van der Waals surface area contributed by atoms with E-state index in [2.05, 4.69) is 19.9 Å². The van der Waals surface area contributed by atoms with Crippen LogP contribution in [0.15, 0.2) is 41.5 Å². The largest absolute Gasteiger partial charge is 0.341 e. The summed E-state index contributed by atoms with van der Waals surface area (Å²) in [5.74, 6) is 0.285. The summed E-state index contributed by atoms with van der Waals surface area (Å²) in [6.07, 6.45) is 7.41. The Labute approximate surface area is 183 Å². The van der Waals surface area contributed by atoms with Gasteiger partial charge in [0.15, 0.2) is 0 Å². The van der Waals surface area contributed by atoms with Crippen LogP contribution >= 0.6 is 0 Å². The molecule has 1 amide bonds. The normalized spacial score (nSPS) is 21.3. The molecule has 2 fully saturated rings. The molecule has 2 saturated heterocycles. The fraction of sp³-hybridized carbons (Fsp3) is 0.565. The first-order valence-corrected chi connectivity index (χ1v) is 11.3. The number of hydrogen-bond acceptors (Lipinski definition) is 6. The van der Waals surface area contributed by atoms with Crippen LogP contribution in [0.4, 0.5) is 0 Å². The Hall–Kier alpha value is -2.58. The van der Waals surface area contributed by atoms with Gasteiger partial charge in [-0.3, -0.25) is 24.4 Å². The number of rotatable bonds is 6. The van der Waals surface area contributed by atoms with Crippen LogP contribution in [0, 0.1) is 0 Å². The van der Waals surface area contributed by atoms with Crippen molar-refractivity contribution in [1.82, 2.24) is 29.5 Å². The van der Waals surface area contributed by atoms with Gasteiger partial charge in [-0.25, -0.2) is 4.68 Å². The minimum absolute atomic E-state index is 0.0717. The van der Waals surface area contributed by atoms with Gasteiger partial charge in [0.1, 0.15) is 0 Å². The Bertz CT molecular complexity index is 923. The minimum atomic E-state index is -0.0717. The second-order valence-electron chi connectivity index (χ2n) is 8.56. The lowest BCUT2D eigenvalue weighted by Crippen LogP contribution is -2.52. The maximum Gasteiger partial charge on any atom is 0.266 e. The third-order valence-electron chi connectivity index (χ3n) is 6.52. The van der Waals surface area contributed by atoms with E-state index in [1.807, 2.05) is 24.1 Å². The predicted molar refractivity (Wildman–Crippen MR) is 120 cm³/mol. The van der Waals surface area contributed by atoms with Crippen LogP contribution in [0.5, 0.6) is 0 Å². The second kappa shape index (κ2) is 10.2. The number of nitrogens with zero attached hydrogens (tertiary/aromatic N) is 6. The molecule has 2 aromatic heterocycles. The van der Waals surface area contributed by atoms with E-state index < -0.39 is 0 Å². The Morgan fingerprint density at radius 2 is 1.68 bits per heavy atom.